The monoisotopic (exact) mass is 406 g/mol. The number of hydrogen-bond donors (Lipinski definition) is 2. The lowest BCUT2D eigenvalue weighted by Crippen LogP contribution is -2.27. The van der Waals surface area contributed by atoms with Gasteiger partial charge in [-0.05, 0) is 36.0 Å². The molecule has 2 heterocycles. The van der Waals surface area contributed by atoms with Crippen molar-refractivity contribution in [3.63, 3.8) is 0 Å². The molecule has 1 amide bonds. The predicted molar refractivity (Wildman–Crippen MR) is 119 cm³/mol. The number of amides is 1. The summed E-state index contributed by atoms with van der Waals surface area (Å²) in [6.45, 7) is 7.40. The van der Waals surface area contributed by atoms with E-state index in [0.717, 1.165) is 46.4 Å². The lowest BCUT2D eigenvalue weighted by molar-refractivity contribution is -0.121. The summed E-state index contributed by atoms with van der Waals surface area (Å²) >= 11 is 0. The lowest BCUT2D eigenvalue weighted by Gasteiger charge is -2.19. The quantitative estimate of drug-likeness (QED) is 0.544. The molecule has 2 aromatic carbocycles. The molecule has 0 saturated carbocycles. The number of nitrogens with one attached hydrogen (secondary N) is 2. The fourth-order valence-electron chi connectivity index (χ4n) is 4.19. The molecule has 5 heteroatoms. The van der Waals surface area contributed by atoms with Gasteiger partial charge in [0, 0.05) is 41.5 Å². The number of aromatic nitrogens is 1. The van der Waals surface area contributed by atoms with Gasteiger partial charge in [0.1, 0.15) is 0 Å². The summed E-state index contributed by atoms with van der Waals surface area (Å²) in [7, 11) is 0. The molecule has 0 bridgehead atoms. The van der Waals surface area contributed by atoms with Gasteiger partial charge in [0.25, 0.3) is 0 Å². The molecule has 0 aliphatic carbocycles. The Labute approximate surface area is 177 Å². The van der Waals surface area contributed by atoms with Crippen molar-refractivity contribution < 1.29 is 14.3 Å². The summed E-state index contributed by atoms with van der Waals surface area (Å²) in [4.78, 5) is 16.3. The summed E-state index contributed by atoms with van der Waals surface area (Å²) in [6.07, 6.45) is 4.34. The molecular weight excluding hydrogens is 376 g/mol. The van der Waals surface area contributed by atoms with Crippen molar-refractivity contribution in [1.82, 2.24) is 10.3 Å². The number of hydrogen-bond acceptors (Lipinski definition) is 3. The highest BCUT2D eigenvalue weighted by atomic mass is 16.7. The number of H-pyrrole nitrogens is 1. The van der Waals surface area contributed by atoms with Crippen molar-refractivity contribution >= 4 is 16.8 Å². The number of carbonyl (C=O) groups is 1. The second kappa shape index (κ2) is 8.82. The minimum Gasteiger partial charge on any atom is -0.454 e. The van der Waals surface area contributed by atoms with Gasteiger partial charge in [-0.2, -0.15) is 0 Å². The highest BCUT2D eigenvalue weighted by molar-refractivity contribution is 5.88. The zero-order valence-corrected chi connectivity index (χ0v) is 18.0. The highest BCUT2D eigenvalue weighted by Gasteiger charge is 2.28. The van der Waals surface area contributed by atoms with Gasteiger partial charge in [0.15, 0.2) is 11.5 Å². The molecule has 0 fully saturated rings. The van der Waals surface area contributed by atoms with Crippen molar-refractivity contribution in [3.05, 3.63) is 59.3 Å². The van der Waals surface area contributed by atoms with Crippen molar-refractivity contribution in [2.24, 2.45) is 5.92 Å². The fourth-order valence-corrected chi connectivity index (χ4v) is 4.19. The van der Waals surface area contributed by atoms with Gasteiger partial charge in [-0.15, -0.1) is 0 Å². The van der Waals surface area contributed by atoms with Crippen molar-refractivity contribution in [3.8, 4) is 11.5 Å². The third-order valence-electron chi connectivity index (χ3n) is 5.83. The van der Waals surface area contributed by atoms with E-state index in [1.807, 2.05) is 24.4 Å². The number of para-hydroxylation sites is 2. The van der Waals surface area contributed by atoms with Crippen molar-refractivity contribution in [2.75, 3.05) is 13.3 Å². The maximum Gasteiger partial charge on any atom is 0.231 e. The maximum atomic E-state index is 12.9. The first-order valence-corrected chi connectivity index (χ1v) is 10.8. The van der Waals surface area contributed by atoms with Gasteiger partial charge >= 0.3 is 0 Å². The molecule has 158 valence electrons. The molecule has 1 aliphatic heterocycles. The molecule has 1 aliphatic rings. The van der Waals surface area contributed by atoms with Crippen LogP contribution in [0.1, 0.15) is 56.2 Å². The van der Waals surface area contributed by atoms with Crippen LogP contribution < -0.4 is 14.8 Å². The number of aryl methyl sites for hydroxylation is 1. The SMILES string of the molecule is CCc1cccc2c([C@H](CC(=O)NCCC(C)C)c3cccc4c3OCO4)c[nH]c12. The van der Waals surface area contributed by atoms with E-state index in [0.29, 0.717) is 18.9 Å². The minimum absolute atomic E-state index is 0.0539. The standard InChI is InChI=1S/C25H30N2O3/c1-4-17-7-5-8-18-21(14-27-24(17)18)20(13-23(28)26-12-11-16(2)3)19-9-6-10-22-25(19)30-15-29-22/h5-10,14,16,20,27H,4,11-13,15H2,1-3H3,(H,26,28)/t20-/m1/s1. The first-order chi connectivity index (χ1) is 14.6. The molecular formula is C25H30N2O3. The van der Waals surface area contributed by atoms with Gasteiger partial charge < -0.3 is 19.8 Å². The number of rotatable bonds is 8. The Morgan fingerprint density at radius 1 is 1.13 bits per heavy atom. The van der Waals surface area contributed by atoms with E-state index < -0.39 is 0 Å². The second-order valence-corrected chi connectivity index (χ2v) is 8.31. The Bertz CT molecular complexity index is 1040. The third kappa shape index (κ3) is 4.02. The number of carbonyl (C=O) groups excluding carboxylic acids is 1. The van der Waals surface area contributed by atoms with Crippen LogP contribution in [-0.2, 0) is 11.2 Å². The van der Waals surface area contributed by atoms with E-state index in [4.69, 9.17) is 9.47 Å². The van der Waals surface area contributed by atoms with E-state index in [9.17, 15) is 4.79 Å². The van der Waals surface area contributed by atoms with Gasteiger partial charge in [0.2, 0.25) is 12.7 Å². The average molecular weight is 407 g/mol. The first kappa shape index (κ1) is 20.3. The van der Waals surface area contributed by atoms with Crippen LogP contribution in [-0.4, -0.2) is 24.2 Å². The Kier molecular flexibility index (Phi) is 5.98. The molecule has 0 unspecified atom stereocenters. The normalized spacial score (nSPS) is 13.7. The number of aromatic amines is 1. The summed E-state index contributed by atoms with van der Waals surface area (Å²) < 4.78 is 11.4. The molecule has 30 heavy (non-hydrogen) atoms. The number of fused-ring (bicyclic) bond motifs is 2. The average Bonchev–Trinajstić information content (AvgIpc) is 3.38. The van der Waals surface area contributed by atoms with Crippen molar-refractivity contribution in [2.45, 2.75) is 46.0 Å². The summed E-state index contributed by atoms with van der Waals surface area (Å²) in [5.41, 5.74) is 4.52. The molecule has 4 rings (SSSR count). The lowest BCUT2D eigenvalue weighted by atomic mass is 9.86. The Hall–Kier alpha value is -2.95. The Balaban J connectivity index is 1.72. The first-order valence-electron chi connectivity index (χ1n) is 10.8. The molecule has 1 aromatic heterocycles. The van der Waals surface area contributed by atoms with Gasteiger partial charge in [-0.25, -0.2) is 0 Å². The van der Waals surface area contributed by atoms with E-state index in [1.165, 1.54) is 5.56 Å². The largest absolute Gasteiger partial charge is 0.454 e. The van der Waals surface area contributed by atoms with Gasteiger partial charge in [-0.3, -0.25) is 4.79 Å². The van der Waals surface area contributed by atoms with E-state index in [1.54, 1.807) is 0 Å². The molecule has 2 N–H and O–H groups in total. The molecule has 3 aromatic rings. The van der Waals surface area contributed by atoms with Crippen LogP contribution in [0.4, 0.5) is 0 Å². The number of ether oxygens (including phenoxy) is 2. The summed E-state index contributed by atoms with van der Waals surface area (Å²) in [6, 6.07) is 12.3. The highest BCUT2D eigenvalue weighted by Crippen LogP contribution is 2.44. The van der Waals surface area contributed by atoms with Crippen LogP contribution in [0.3, 0.4) is 0 Å². The van der Waals surface area contributed by atoms with E-state index in [-0.39, 0.29) is 18.6 Å². The van der Waals surface area contributed by atoms with E-state index in [2.05, 4.69) is 49.3 Å². The van der Waals surface area contributed by atoms with Crippen LogP contribution in [0, 0.1) is 5.92 Å². The molecule has 5 nitrogen and oxygen atoms in total. The summed E-state index contributed by atoms with van der Waals surface area (Å²) in [5, 5.41) is 4.25. The van der Waals surface area contributed by atoms with Gasteiger partial charge in [-0.1, -0.05) is 51.1 Å². The minimum atomic E-state index is -0.124. The van der Waals surface area contributed by atoms with Gasteiger partial charge in [0.05, 0.1) is 0 Å². The predicted octanol–water partition coefficient (Wildman–Crippen LogP) is 5.14. The Morgan fingerprint density at radius 2 is 1.97 bits per heavy atom. The smallest absolute Gasteiger partial charge is 0.231 e. The topological polar surface area (TPSA) is 63.4 Å². The van der Waals surface area contributed by atoms with Crippen LogP contribution in [0.15, 0.2) is 42.6 Å². The van der Waals surface area contributed by atoms with Crippen LogP contribution in [0.5, 0.6) is 11.5 Å². The summed E-state index contributed by atoms with van der Waals surface area (Å²) in [5.74, 6) is 1.98. The third-order valence-corrected chi connectivity index (χ3v) is 5.83. The molecule has 0 saturated heterocycles. The Morgan fingerprint density at radius 3 is 2.77 bits per heavy atom. The zero-order chi connectivity index (χ0) is 21.1. The maximum absolute atomic E-state index is 12.9. The van der Waals surface area contributed by atoms with Crippen LogP contribution >= 0.6 is 0 Å². The molecule has 1 atom stereocenters. The zero-order valence-electron chi connectivity index (χ0n) is 18.0. The fraction of sp³-hybridized carbons (Fsp3) is 0.400. The van der Waals surface area contributed by atoms with Crippen molar-refractivity contribution in [1.29, 1.82) is 0 Å². The van der Waals surface area contributed by atoms with Crippen LogP contribution in [0.2, 0.25) is 0 Å². The van der Waals surface area contributed by atoms with E-state index >= 15 is 0 Å². The number of benzene rings is 2. The second-order valence-electron chi connectivity index (χ2n) is 8.31. The molecule has 0 radical (unpaired) electrons. The molecule has 0 spiro atoms. The van der Waals surface area contributed by atoms with Crippen LogP contribution in [0.25, 0.3) is 10.9 Å².